The summed E-state index contributed by atoms with van der Waals surface area (Å²) in [4.78, 5) is 15.4. The zero-order valence-corrected chi connectivity index (χ0v) is 13.6. The lowest BCUT2D eigenvalue weighted by Crippen LogP contribution is -2.39. The van der Waals surface area contributed by atoms with Crippen molar-refractivity contribution < 1.29 is 18.3 Å². The molecule has 8 heteroatoms. The highest BCUT2D eigenvalue weighted by atomic mass is 19.1. The average molecular weight is 356 g/mol. The molecule has 0 fully saturated rings. The van der Waals surface area contributed by atoms with Crippen LogP contribution >= 0.6 is 0 Å². The van der Waals surface area contributed by atoms with Gasteiger partial charge in [0.25, 0.3) is 0 Å². The maximum Gasteiger partial charge on any atom is 0.233 e. The molecule has 132 valence electrons. The van der Waals surface area contributed by atoms with Crippen LogP contribution in [0.25, 0.3) is 5.69 Å². The van der Waals surface area contributed by atoms with Crippen LogP contribution in [0.4, 0.5) is 14.5 Å². The minimum absolute atomic E-state index is 0.0373. The first-order chi connectivity index (χ1) is 12.6. The number of nitrogens with zero attached hydrogens (tertiary/aromatic N) is 4. The van der Waals surface area contributed by atoms with E-state index in [2.05, 4.69) is 10.2 Å². The topological polar surface area (TPSA) is 60.2 Å². The summed E-state index contributed by atoms with van der Waals surface area (Å²) in [5.41, 5.74) is 1.32. The first kappa shape index (κ1) is 16.2. The van der Waals surface area contributed by atoms with Gasteiger partial charge in [-0.2, -0.15) is 15.0 Å². The molecule has 0 atom stereocenters. The van der Waals surface area contributed by atoms with Gasteiger partial charge in [0, 0.05) is 12.1 Å². The quantitative estimate of drug-likeness (QED) is 0.724. The Morgan fingerprint density at radius 1 is 1.19 bits per heavy atom. The molecule has 1 aliphatic heterocycles. The van der Waals surface area contributed by atoms with Crippen molar-refractivity contribution in [1.29, 1.82) is 0 Å². The summed E-state index contributed by atoms with van der Waals surface area (Å²) in [5.74, 6) is -2.04. The van der Waals surface area contributed by atoms with Crippen LogP contribution in [0.15, 0.2) is 48.7 Å². The molecule has 6 nitrogen and oxygen atoms in total. The third kappa shape index (κ3) is 3.01. The standard InChI is InChI=1S/C18H14F2N4O2/c19-12-8-15(20)18-16(9-12)23(6-7-26-18)17(25)10-13-11-21-24(22-13)14-4-2-1-3-5-14/h1-5,8-9,11H,6-7,10H2. The van der Waals surface area contributed by atoms with Crippen molar-refractivity contribution in [2.24, 2.45) is 0 Å². The molecule has 0 bridgehead atoms. The fourth-order valence-electron chi connectivity index (χ4n) is 2.82. The van der Waals surface area contributed by atoms with Crippen molar-refractivity contribution in [3.05, 3.63) is 66.0 Å². The number of anilines is 1. The molecule has 3 aromatic rings. The number of carbonyl (C=O) groups is 1. The number of halogens is 2. The van der Waals surface area contributed by atoms with Gasteiger partial charge < -0.3 is 9.64 Å². The van der Waals surface area contributed by atoms with Crippen LogP contribution in [-0.4, -0.2) is 34.1 Å². The fraction of sp³-hybridized carbons (Fsp3) is 0.167. The maximum absolute atomic E-state index is 13.9. The lowest BCUT2D eigenvalue weighted by atomic mass is 10.2. The van der Waals surface area contributed by atoms with Gasteiger partial charge in [-0.15, -0.1) is 0 Å². The van der Waals surface area contributed by atoms with Crippen LogP contribution in [0.1, 0.15) is 5.69 Å². The number of hydrogen-bond acceptors (Lipinski definition) is 4. The molecule has 0 aliphatic carbocycles. The summed E-state index contributed by atoms with van der Waals surface area (Å²) >= 11 is 0. The van der Waals surface area contributed by atoms with E-state index in [4.69, 9.17) is 4.74 Å². The van der Waals surface area contributed by atoms with Gasteiger partial charge in [-0.25, -0.2) is 8.78 Å². The second-order valence-electron chi connectivity index (χ2n) is 5.77. The normalized spacial score (nSPS) is 13.2. The van der Waals surface area contributed by atoms with Gasteiger partial charge in [0.05, 0.1) is 36.2 Å². The summed E-state index contributed by atoms with van der Waals surface area (Å²) in [6.45, 7) is 0.347. The Morgan fingerprint density at radius 2 is 2.00 bits per heavy atom. The Balaban J connectivity index is 1.56. The molecule has 1 aromatic heterocycles. The number of fused-ring (bicyclic) bond motifs is 1. The molecule has 4 rings (SSSR count). The van der Waals surface area contributed by atoms with Crippen molar-refractivity contribution in [2.45, 2.75) is 6.42 Å². The maximum atomic E-state index is 13.9. The Labute approximate surface area is 147 Å². The summed E-state index contributed by atoms with van der Waals surface area (Å²) < 4.78 is 32.6. The van der Waals surface area contributed by atoms with E-state index in [1.807, 2.05) is 30.3 Å². The van der Waals surface area contributed by atoms with E-state index < -0.39 is 11.6 Å². The highest BCUT2D eigenvalue weighted by molar-refractivity contribution is 5.96. The third-order valence-electron chi connectivity index (χ3n) is 4.00. The minimum atomic E-state index is -0.826. The van der Waals surface area contributed by atoms with E-state index in [1.54, 1.807) is 0 Å². The van der Waals surface area contributed by atoms with E-state index in [0.717, 1.165) is 17.8 Å². The molecule has 0 unspecified atom stereocenters. The van der Waals surface area contributed by atoms with Crippen LogP contribution in [0.5, 0.6) is 5.75 Å². The summed E-state index contributed by atoms with van der Waals surface area (Å²) in [6, 6.07) is 11.1. The fourth-order valence-corrected chi connectivity index (χ4v) is 2.82. The van der Waals surface area contributed by atoms with Crippen molar-refractivity contribution in [3.8, 4) is 11.4 Å². The number of para-hydroxylation sites is 1. The predicted octanol–water partition coefficient (Wildman–Crippen LogP) is 2.51. The average Bonchev–Trinajstić information content (AvgIpc) is 3.10. The van der Waals surface area contributed by atoms with Crippen LogP contribution in [0, 0.1) is 11.6 Å². The molecular formula is C18H14F2N4O2. The lowest BCUT2D eigenvalue weighted by Gasteiger charge is -2.29. The number of carbonyl (C=O) groups excluding carboxylic acids is 1. The highest BCUT2D eigenvalue weighted by Gasteiger charge is 2.27. The number of rotatable bonds is 3. The number of hydrogen-bond donors (Lipinski definition) is 0. The van der Waals surface area contributed by atoms with Gasteiger partial charge in [-0.1, -0.05) is 18.2 Å². The second-order valence-corrected chi connectivity index (χ2v) is 5.77. The Bertz CT molecular complexity index is 959. The van der Waals surface area contributed by atoms with Crippen molar-refractivity contribution in [2.75, 3.05) is 18.1 Å². The lowest BCUT2D eigenvalue weighted by molar-refractivity contribution is -0.118. The molecular weight excluding hydrogens is 342 g/mol. The SMILES string of the molecule is O=C(Cc1cnn(-c2ccccc2)n1)N1CCOc2c(F)cc(F)cc21. The zero-order chi connectivity index (χ0) is 18.1. The number of ether oxygens (including phenoxy) is 1. The highest BCUT2D eigenvalue weighted by Crippen LogP contribution is 2.35. The van der Waals surface area contributed by atoms with E-state index in [-0.39, 0.29) is 36.9 Å². The van der Waals surface area contributed by atoms with Crippen LogP contribution in [0.3, 0.4) is 0 Å². The molecule has 1 amide bonds. The Kier molecular flexibility index (Phi) is 4.08. The zero-order valence-electron chi connectivity index (χ0n) is 13.6. The van der Waals surface area contributed by atoms with E-state index in [9.17, 15) is 13.6 Å². The van der Waals surface area contributed by atoms with Gasteiger partial charge in [0.2, 0.25) is 5.91 Å². The summed E-state index contributed by atoms with van der Waals surface area (Å²) in [6.07, 6.45) is 1.46. The van der Waals surface area contributed by atoms with E-state index in [0.29, 0.717) is 5.69 Å². The number of amides is 1. The Morgan fingerprint density at radius 3 is 2.81 bits per heavy atom. The molecule has 0 N–H and O–H groups in total. The van der Waals surface area contributed by atoms with Crippen molar-refractivity contribution in [3.63, 3.8) is 0 Å². The van der Waals surface area contributed by atoms with Gasteiger partial charge in [-0.3, -0.25) is 4.79 Å². The van der Waals surface area contributed by atoms with Gasteiger partial charge in [0.1, 0.15) is 12.4 Å². The monoisotopic (exact) mass is 356 g/mol. The summed E-state index contributed by atoms with van der Waals surface area (Å²) in [7, 11) is 0. The minimum Gasteiger partial charge on any atom is -0.486 e. The number of benzene rings is 2. The van der Waals surface area contributed by atoms with Crippen LogP contribution in [-0.2, 0) is 11.2 Å². The number of aromatic nitrogens is 3. The molecule has 26 heavy (non-hydrogen) atoms. The molecule has 0 spiro atoms. The molecule has 0 saturated carbocycles. The Hall–Kier alpha value is -3.29. The smallest absolute Gasteiger partial charge is 0.233 e. The van der Waals surface area contributed by atoms with E-state index >= 15 is 0 Å². The molecule has 0 saturated heterocycles. The van der Waals surface area contributed by atoms with Gasteiger partial charge in [-0.05, 0) is 12.1 Å². The summed E-state index contributed by atoms with van der Waals surface area (Å²) in [5, 5.41) is 8.43. The van der Waals surface area contributed by atoms with Crippen molar-refractivity contribution >= 4 is 11.6 Å². The molecule has 0 radical (unpaired) electrons. The van der Waals surface area contributed by atoms with Gasteiger partial charge in [0.15, 0.2) is 11.6 Å². The molecule has 1 aliphatic rings. The first-order valence-electron chi connectivity index (χ1n) is 8.00. The molecule has 2 aromatic carbocycles. The molecule has 2 heterocycles. The third-order valence-corrected chi connectivity index (χ3v) is 4.00. The largest absolute Gasteiger partial charge is 0.486 e. The van der Waals surface area contributed by atoms with Gasteiger partial charge >= 0.3 is 0 Å². The van der Waals surface area contributed by atoms with Crippen LogP contribution < -0.4 is 9.64 Å². The second kappa shape index (κ2) is 6.55. The van der Waals surface area contributed by atoms with Crippen LogP contribution in [0.2, 0.25) is 0 Å². The predicted molar refractivity (Wildman–Crippen MR) is 89.3 cm³/mol. The van der Waals surface area contributed by atoms with Crippen molar-refractivity contribution in [1.82, 2.24) is 15.0 Å². The first-order valence-corrected chi connectivity index (χ1v) is 8.00. The van der Waals surface area contributed by atoms with E-state index in [1.165, 1.54) is 15.9 Å².